The molecule has 2 heteroatoms. The van der Waals surface area contributed by atoms with E-state index in [1.807, 2.05) is 0 Å². The summed E-state index contributed by atoms with van der Waals surface area (Å²) in [6.45, 7) is 14.1. The second-order valence-corrected chi connectivity index (χ2v) is 21.7. The molecule has 0 saturated heterocycles. The van der Waals surface area contributed by atoms with E-state index in [0.717, 1.165) is 0 Å². The van der Waals surface area contributed by atoms with Crippen molar-refractivity contribution in [2.24, 2.45) is 0 Å². The Hall–Kier alpha value is 1.27. The van der Waals surface area contributed by atoms with Gasteiger partial charge in [-0.1, -0.05) is 0 Å². The third-order valence-corrected chi connectivity index (χ3v) is 18.0. The fraction of sp³-hybridized carbons (Fsp3) is 1.00. The van der Waals surface area contributed by atoms with Crippen LogP contribution in [0.25, 0.3) is 0 Å². The molecule has 0 heterocycles. The first-order valence-electron chi connectivity index (χ1n) is 6.69. The van der Waals surface area contributed by atoms with Crippen LogP contribution in [0.3, 0.4) is 0 Å². The third kappa shape index (κ3) is 11.3. The molecule has 0 aromatic heterocycles. The summed E-state index contributed by atoms with van der Waals surface area (Å²) in [4.78, 5) is 9.25. The van der Waals surface area contributed by atoms with Crippen molar-refractivity contribution in [3.63, 3.8) is 0 Å². The van der Waals surface area contributed by atoms with Crippen molar-refractivity contribution >= 4 is 32.4 Å². The standard InChI is InChI=1S/6C2H5.2Ga/c6*1-2;;/h6*1H2,2H3;;. The SMILES string of the molecule is C[CH2][Ga]([CH2]C)[CH2]C.C[CH2][Ga]([CH2]C)[CH2]C. The van der Waals surface area contributed by atoms with Gasteiger partial charge >= 0.3 is 104 Å². The minimum atomic E-state index is -0.576. The first-order valence-corrected chi connectivity index (χ1v) is 17.0. The molecule has 0 aromatic rings. The summed E-state index contributed by atoms with van der Waals surface area (Å²) < 4.78 is 0. The van der Waals surface area contributed by atoms with Crippen LogP contribution in [-0.4, -0.2) is 32.4 Å². The zero-order valence-corrected chi connectivity index (χ0v) is 16.2. The van der Waals surface area contributed by atoms with Crippen LogP contribution in [0.5, 0.6) is 0 Å². The molecule has 84 valence electrons. The summed E-state index contributed by atoms with van der Waals surface area (Å²) in [5, 5.41) is 0. The molecule has 0 bridgehead atoms. The molecule has 0 aromatic carbocycles. The molecular weight excluding hydrogens is 284 g/mol. The monoisotopic (exact) mass is 312 g/mol. The third-order valence-electron chi connectivity index (χ3n) is 3.46. The van der Waals surface area contributed by atoms with Crippen molar-refractivity contribution in [3.8, 4) is 0 Å². The van der Waals surface area contributed by atoms with Gasteiger partial charge in [-0.15, -0.1) is 0 Å². The van der Waals surface area contributed by atoms with Crippen molar-refractivity contribution in [3.05, 3.63) is 0 Å². The van der Waals surface area contributed by atoms with Crippen LogP contribution < -0.4 is 0 Å². The zero-order chi connectivity index (χ0) is 11.4. The average molecular weight is 314 g/mol. The van der Waals surface area contributed by atoms with Crippen LogP contribution in [0, 0.1) is 0 Å². The Balaban J connectivity index is 0. The summed E-state index contributed by atoms with van der Waals surface area (Å²) in [6.07, 6.45) is 0. The van der Waals surface area contributed by atoms with Gasteiger partial charge < -0.3 is 0 Å². The molecule has 0 spiro atoms. The van der Waals surface area contributed by atoms with Crippen LogP contribution in [0.4, 0.5) is 0 Å². The van der Waals surface area contributed by atoms with E-state index in [2.05, 4.69) is 41.5 Å². The van der Waals surface area contributed by atoms with Gasteiger partial charge in [0.1, 0.15) is 0 Å². The maximum atomic E-state index is 2.34. The molecular formula is C12H30Ga2. The molecule has 0 aliphatic heterocycles. The predicted molar refractivity (Wildman–Crippen MR) is 74.4 cm³/mol. The minimum absolute atomic E-state index is 0.576. The average Bonchev–Trinajstić information content (AvgIpc) is 2.24. The Morgan fingerprint density at radius 1 is 0.429 bits per heavy atom. The van der Waals surface area contributed by atoms with E-state index in [1.54, 1.807) is 29.9 Å². The van der Waals surface area contributed by atoms with E-state index in [9.17, 15) is 0 Å². The Labute approximate surface area is 103 Å². The van der Waals surface area contributed by atoms with E-state index < -0.39 is 32.4 Å². The Morgan fingerprint density at radius 3 is 0.571 bits per heavy atom. The van der Waals surface area contributed by atoms with Gasteiger partial charge in [0.15, 0.2) is 0 Å². The van der Waals surface area contributed by atoms with Crippen LogP contribution in [0.15, 0.2) is 0 Å². The Kier molecular flexibility index (Phi) is 18.0. The summed E-state index contributed by atoms with van der Waals surface area (Å²) in [7, 11) is 0. The van der Waals surface area contributed by atoms with Gasteiger partial charge in [-0.3, -0.25) is 0 Å². The summed E-state index contributed by atoms with van der Waals surface area (Å²) >= 11 is -1.15. The van der Waals surface area contributed by atoms with Gasteiger partial charge in [-0.05, 0) is 0 Å². The first-order chi connectivity index (χ1) is 6.69. The quantitative estimate of drug-likeness (QED) is 0.600. The molecule has 0 unspecified atom stereocenters. The molecule has 0 saturated carbocycles. The predicted octanol–water partition coefficient (Wildman–Crippen LogP) is 5.08. The molecule has 0 amide bonds. The molecule has 0 aliphatic rings. The van der Waals surface area contributed by atoms with Crippen molar-refractivity contribution in [1.29, 1.82) is 0 Å². The first kappa shape index (κ1) is 17.7. The Morgan fingerprint density at radius 2 is 0.571 bits per heavy atom. The Bertz CT molecular complexity index is 63.3. The van der Waals surface area contributed by atoms with Crippen LogP contribution in [0.2, 0.25) is 29.9 Å². The van der Waals surface area contributed by atoms with Gasteiger partial charge in [0.05, 0.1) is 0 Å². The molecule has 0 rings (SSSR count). The second kappa shape index (κ2) is 14.3. The van der Waals surface area contributed by atoms with Gasteiger partial charge in [0.25, 0.3) is 0 Å². The van der Waals surface area contributed by atoms with Crippen molar-refractivity contribution in [2.75, 3.05) is 0 Å². The molecule has 0 atom stereocenters. The van der Waals surface area contributed by atoms with Crippen molar-refractivity contribution in [1.82, 2.24) is 0 Å². The van der Waals surface area contributed by atoms with Gasteiger partial charge in [0, 0.05) is 0 Å². The molecule has 0 radical (unpaired) electrons. The summed E-state index contributed by atoms with van der Waals surface area (Å²) in [6, 6.07) is 0. The number of hydrogen-bond acceptors (Lipinski definition) is 0. The van der Waals surface area contributed by atoms with Gasteiger partial charge in [0.2, 0.25) is 0 Å². The van der Waals surface area contributed by atoms with Gasteiger partial charge in [-0.2, -0.15) is 0 Å². The van der Waals surface area contributed by atoms with Crippen molar-refractivity contribution in [2.45, 2.75) is 71.4 Å². The van der Waals surface area contributed by atoms with E-state index in [1.165, 1.54) is 0 Å². The van der Waals surface area contributed by atoms with Crippen molar-refractivity contribution < 1.29 is 0 Å². The fourth-order valence-corrected chi connectivity index (χ4v) is 9.00. The summed E-state index contributed by atoms with van der Waals surface area (Å²) in [5.74, 6) is 0. The number of rotatable bonds is 6. The van der Waals surface area contributed by atoms with E-state index in [-0.39, 0.29) is 0 Å². The van der Waals surface area contributed by atoms with E-state index >= 15 is 0 Å². The molecule has 14 heavy (non-hydrogen) atoms. The zero-order valence-electron chi connectivity index (χ0n) is 11.4. The topological polar surface area (TPSA) is 0 Å². The molecule has 0 nitrogen and oxygen atoms in total. The number of hydrogen-bond donors (Lipinski definition) is 0. The summed E-state index contributed by atoms with van der Waals surface area (Å²) in [5.41, 5.74) is 0. The van der Waals surface area contributed by atoms with E-state index in [4.69, 9.17) is 0 Å². The second-order valence-electron chi connectivity index (χ2n) is 4.18. The molecule has 0 aliphatic carbocycles. The van der Waals surface area contributed by atoms with Crippen LogP contribution >= 0.6 is 0 Å². The normalized spacial score (nSPS) is 9.00. The van der Waals surface area contributed by atoms with Crippen LogP contribution in [0.1, 0.15) is 41.5 Å². The van der Waals surface area contributed by atoms with Gasteiger partial charge in [-0.25, -0.2) is 0 Å². The fourth-order valence-electron chi connectivity index (χ4n) is 1.73. The van der Waals surface area contributed by atoms with E-state index in [0.29, 0.717) is 0 Å². The van der Waals surface area contributed by atoms with Crippen LogP contribution in [-0.2, 0) is 0 Å². The molecule has 0 fully saturated rings. The molecule has 0 N–H and O–H groups in total. The maximum absolute atomic E-state index is 2.34.